The minimum absolute atomic E-state index is 0.0705. The summed E-state index contributed by atoms with van der Waals surface area (Å²) < 4.78 is 47.6. The second-order valence-electron chi connectivity index (χ2n) is 9.80. The van der Waals surface area contributed by atoms with Crippen LogP contribution in [-0.4, -0.2) is 29.8 Å². The van der Waals surface area contributed by atoms with E-state index >= 15 is 0 Å². The van der Waals surface area contributed by atoms with Crippen LogP contribution in [0.3, 0.4) is 0 Å². The Bertz CT molecular complexity index is 1690. The Hall–Kier alpha value is -5.19. The molecule has 3 aromatic carbocycles. The van der Waals surface area contributed by atoms with Crippen molar-refractivity contribution >= 4 is 23.4 Å². The number of nitrogens with one attached hydrogen (secondary N) is 2. The number of benzene rings is 3. The molecule has 42 heavy (non-hydrogen) atoms. The number of aromatic nitrogens is 1. The molecule has 8 nitrogen and oxygen atoms in total. The number of hydrogen-bond donors (Lipinski definition) is 3. The maximum atomic E-state index is 14.2. The van der Waals surface area contributed by atoms with Gasteiger partial charge in [-0.25, -0.2) is 13.2 Å². The van der Waals surface area contributed by atoms with E-state index in [1.165, 1.54) is 25.4 Å². The van der Waals surface area contributed by atoms with Crippen molar-refractivity contribution in [2.24, 2.45) is 5.73 Å². The van der Waals surface area contributed by atoms with Gasteiger partial charge in [-0.15, -0.1) is 0 Å². The Morgan fingerprint density at radius 3 is 2.52 bits per heavy atom. The molecule has 0 spiro atoms. The molecule has 2 unspecified atom stereocenters. The molecule has 4 N–H and O–H groups in total. The predicted octanol–water partition coefficient (Wildman–Crippen LogP) is 4.80. The van der Waals surface area contributed by atoms with E-state index in [0.717, 1.165) is 24.3 Å². The van der Waals surface area contributed by atoms with Gasteiger partial charge in [0.15, 0.2) is 0 Å². The van der Waals surface area contributed by atoms with Crippen LogP contribution in [0, 0.1) is 17.5 Å². The molecule has 1 aliphatic rings. The number of pyridine rings is 1. The minimum atomic E-state index is -0.965. The number of nitrogens with zero attached hydrogens (tertiary/aromatic N) is 1. The predicted molar refractivity (Wildman–Crippen MR) is 148 cm³/mol. The Kier molecular flexibility index (Phi) is 7.92. The van der Waals surface area contributed by atoms with Crippen LogP contribution in [0.2, 0.25) is 0 Å². The van der Waals surface area contributed by atoms with Crippen molar-refractivity contribution in [3.63, 3.8) is 0 Å². The van der Waals surface area contributed by atoms with E-state index in [1.807, 2.05) is 0 Å². The highest BCUT2D eigenvalue weighted by Crippen LogP contribution is 2.37. The number of rotatable bonds is 9. The highest BCUT2D eigenvalue weighted by molar-refractivity contribution is 6.05. The van der Waals surface area contributed by atoms with Gasteiger partial charge in [0, 0.05) is 36.0 Å². The second-order valence-corrected chi connectivity index (χ2v) is 9.80. The van der Waals surface area contributed by atoms with Crippen LogP contribution in [0.15, 0.2) is 72.9 Å². The number of hydrogen-bond acceptors (Lipinski definition) is 5. The number of primary amides is 1. The summed E-state index contributed by atoms with van der Waals surface area (Å²) in [4.78, 5) is 42.4. The van der Waals surface area contributed by atoms with E-state index in [2.05, 4.69) is 15.6 Å². The zero-order chi connectivity index (χ0) is 30.0. The molecule has 0 bridgehead atoms. The number of fused-ring (bicyclic) bond motifs is 1. The Labute approximate surface area is 238 Å². The van der Waals surface area contributed by atoms with Crippen molar-refractivity contribution in [1.82, 2.24) is 10.3 Å². The average molecular weight is 575 g/mol. The molecule has 1 aromatic heterocycles. The van der Waals surface area contributed by atoms with E-state index < -0.39 is 41.2 Å². The maximum absolute atomic E-state index is 14.2. The molecule has 0 saturated carbocycles. The summed E-state index contributed by atoms with van der Waals surface area (Å²) in [6, 6.07) is 14.2. The van der Waals surface area contributed by atoms with Crippen molar-refractivity contribution in [2.45, 2.75) is 24.8 Å². The Morgan fingerprint density at radius 2 is 1.81 bits per heavy atom. The van der Waals surface area contributed by atoms with Crippen molar-refractivity contribution in [2.75, 3.05) is 12.4 Å². The summed E-state index contributed by atoms with van der Waals surface area (Å²) in [5.74, 6) is -4.47. The van der Waals surface area contributed by atoms with Gasteiger partial charge < -0.3 is 21.1 Å². The van der Waals surface area contributed by atoms with Crippen LogP contribution in [0.25, 0.3) is 11.1 Å². The average Bonchev–Trinajstić information content (AvgIpc) is 3.25. The zero-order valence-corrected chi connectivity index (χ0v) is 22.3. The lowest BCUT2D eigenvalue weighted by atomic mass is 9.93. The van der Waals surface area contributed by atoms with Gasteiger partial charge in [-0.2, -0.15) is 0 Å². The molecule has 2 heterocycles. The van der Waals surface area contributed by atoms with Crippen LogP contribution >= 0.6 is 0 Å². The van der Waals surface area contributed by atoms with E-state index in [-0.39, 0.29) is 29.9 Å². The SMILES string of the molecule is COc1ccc2c(c1)NC(=O)C2CC(=O)NC(Cc1cc(F)cc(F)c1)c1ncccc1-c1ccc(F)c(C(N)=O)c1. The van der Waals surface area contributed by atoms with Gasteiger partial charge in [-0.05, 0) is 59.5 Å². The first-order valence-electron chi connectivity index (χ1n) is 12.9. The van der Waals surface area contributed by atoms with Crippen LogP contribution in [0.5, 0.6) is 5.75 Å². The third kappa shape index (κ3) is 5.95. The molecule has 4 aromatic rings. The van der Waals surface area contributed by atoms with E-state index in [1.54, 1.807) is 30.3 Å². The van der Waals surface area contributed by atoms with Gasteiger partial charge in [0.25, 0.3) is 5.91 Å². The number of carbonyl (C=O) groups excluding carboxylic acids is 3. The molecule has 0 fully saturated rings. The minimum Gasteiger partial charge on any atom is -0.497 e. The summed E-state index contributed by atoms with van der Waals surface area (Å²) in [7, 11) is 1.50. The van der Waals surface area contributed by atoms with Crippen molar-refractivity contribution in [3.8, 4) is 16.9 Å². The number of carbonyl (C=O) groups is 3. The van der Waals surface area contributed by atoms with E-state index in [9.17, 15) is 27.6 Å². The van der Waals surface area contributed by atoms with Crippen LogP contribution < -0.4 is 21.1 Å². The van der Waals surface area contributed by atoms with Gasteiger partial charge in [-0.1, -0.05) is 18.2 Å². The molecular formula is C31H25F3N4O4. The van der Waals surface area contributed by atoms with Gasteiger partial charge in [-0.3, -0.25) is 19.4 Å². The van der Waals surface area contributed by atoms with Crippen LogP contribution in [0.1, 0.15) is 45.6 Å². The lowest BCUT2D eigenvalue weighted by Crippen LogP contribution is -2.33. The smallest absolute Gasteiger partial charge is 0.251 e. The summed E-state index contributed by atoms with van der Waals surface area (Å²) in [6.45, 7) is 0. The van der Waals surface area contributed by atoms with Gasteiger partial charge in [0.05, 0.1) is 30.3 Å². The monoisotopic (exact) mass is 574 g/mol. The summed E-state index contributed by atoms with van der Waals surface area (Å²) in [6.07, 6.45) is 1.18. The number of halogens is 3. The first-order chi connectivity index (χ1) is 20.1. The third-order valence-corrected chi connectivity index (χ3v) is 7.01. The molecule has 3 amide bonds. The van der Waals surface area contributed by atoms with Gasteiger partial charge in [0.2, 0.25) is 11.8 Å². The van der Waals surface area contributed by atoms with Crippen LogP contribution in [0.4, 0.5) is 18.9 Å². The molecule has 0 aliphatic carbocycles. The highest BCUT2D eigenvalue weighted by atomic mass is 19.1. The number of anilines is 1. The summed E-state index contributed by atoms with van der Waals surface area (Å²) in [5.41, 5.74) is 7.51. The largest absolute Gasteiger partial charge is 0.497 e. The molecule has 2 atom stereocenters. The molecule has 5 rings (SSSR count). The number of ether oxygens (including phenoxy) is 1. The zero-order valence-electron chi connectivity index (χ0n) is 22.3. The molecule has 0 saturated heterocycles. The summed E-state index contributed by atoms with van der Waals surface area (Å²) >= 11 is 0. The Balaban J connectivity index is 1.50. The highest BCUT2D eigenvalue weighted by Gasteiger charge is 2.33. The van der Waals surface area contributed by atoms with Gasteiger partial charge in [0.1, 0.15) is 23.2 Å². The fourth-order valence-corrected chi connectivity index (χ4v) is 5.08. The molecule has 214 valence electrons. The lowest BCUT2D eigenvalue weighted by molar-refractivity contribution is -0.125. The lowest BCUT2D eigenvalue weighted by Gasteiger charge is -2.22. The van der Waals surface area contributed by atoms with Crippen molar-refractivity contribution in [1.29, 1.82) is 0 Å². The topological polar surface area (TPSA) is 123 Å². The normalized spacial score (nSPS) is 14.6. The molecular weight excluding hydrogens is 549 g/mol. The number of nitrogens with two attached hydrogens (primary N) is 1. The van der Waals surface area contributed by atoms with Gasteiger partial charge >= 0.3 is 0 Å². The third-order valence-electron chi connectivity index (χ3n) is 7.01. The summed E-state index contributed by atoms with van der Waals surface area (Å²) in [5, 5.41) is 5.62. The standard InChI is InChI=1S/C31H25F3N4O4/c1-42-20-5-6-22-23(31(41)38-26(22)14-20)15-28(39)37-27(11-16-9-18(32)13-19(33)10-16)29-21(3-2-8-36-29)17-4-7-25(34)24(12-17)30(35)40/h2-10,12-14,23,27H,11,15H2,1H3,(H2,35,40)(H,37,39)(H,38,41). The Morgan fingerprint density at radius 1 is 1.05 bits per heavy atom. The van der Waals surface area contributed by atoms with Crippen molar-refractivity contribution < 1.29 is 32.3 Å². The van der Waals surface area contributed by atoms with E-state index in [4.69, 9.17) is 10.5 Å². The fourth-order valence-electron chi connectivity index (χ4n) is 5.08. The maximum Gasteiger partial charge on any atom is 0.251 e. The quantitative estimate of drug-likeness (QED) is 0.265. The first-order valence-corrected chi connectivity index (χ1v) is 12.9. The van der Waals surface area contributed by atoms with Crippen molar-refractivity contribution in [3.05, 3.63) is 113 Å². The molecule has 1 aliphatic heterocycles. The number of methoxy groups -OCH3 is 1. The molecule has 11 heteroatoms. The number of amides is 3. The van der Waals surface area contributed by atoms with E-state index in [0.29, 0.717) is 33.8 Å². The van der Waals surface area contributed by atoms with Crippen LogP contribution in [-0.2, 0) is 16.0 Å². The second kappa shape index (κ2) is 11.7. The first kappa shape index (κ1) is 28.3. The molecule has 0 radical (unpaired) electrons. The fraction of sp³-hybridized carbons (Fsp3) is 0.161.